The zero-order valence-electron chi connectivity index (χ0n) is 19.9. The van der Waals surface area contributed by atoms with Gasteiger partial charge in [0.25, 0.3) is 10.0 Å². The Morgan fingerprint density at radius 2 is 1.97 bits per heavy atom. The monoisotopic (exact) mass is 521 g/mol. The van der Waals surface area contributed by atoms with E-state index >= 15 is 4.39 Å². The molecule has 1 N–H and O–H groups in total. The Morgan fingerprint density at radius 1 is 1.20 bits per heavy atom. The lowest BCUT2D eigenvalue weighted by atomic mass is 9.71. The van der Waals surface area contributed by atoms with E-state index in [9.17, 15) is 8.42 Å². The minimum absolute atomic E-state index is 0.00716. The molecule has 8 nitrogen and oxygen atoms in total. The number of benzene rings is 1. The second-order valence-corrected chi connectivity index (χ2v) is 11.2. The van der Waals surface area contributed by atoms with E-state index in [0.29, 0.717) is 0 Å². The van der Waals surface area contributed by atoms with E-state index in [4.69, 9.17) is 16.3 Å². The van der Waals surface area contributed by atoms with Crippen LogP contribution in [0.15, 0.2) is 47.9 Å². The van der Waals surface area contributed by atoms with Gasteiger partial charge in [0.15, 0.2) is 0 Å². The molecule has 188 valence electrons. The zero-order valence-corrected chi connectivity index (χ0v) is 21.5. The molecule has 0 unspecified atom stereocenters. The van der Waals surface area contributed by atoms with Gasteiger partial charge in [-0.1, -0.05) is 37.8 Å². The lowest BCUT2D eigenvalue weighted by Crippen LogP contribution is -2.46. The number of hydrogen-bond donors (Lipinski definition) is 1. The lowest BCUT2D eigenvalue weighted by Gasteiger charge is -2.44. The second kappa shape index (κ2) is 10.1. The molecule has 35 heavy (non-hydrogen) atoms. The summed E-state index contributed by atoms with van der Waals surface area (Å²) < 4.78 is 51.4. The third-order valence-electron chi connectivity index (χ3n) is 6.94. The van der Waals surface area contributed by atoms with Crippen LogP contribution >= 0.6 is 11.6 Å². The number of halogens is 2. The zero-order chi connectivity index (χ0) is 25.2. The number of anilines is 1. The van der Waals surface area contributed by atoms with Crippen molar-refractivity contribution in [2.24, 2.45) is 13.0 Å². The summed E-state index contributed by atoms with van der Waals surface area (Å²) in [5.74, 6) is -0.722. The van der Waals surface area contributed by atoms with E-state index in [1.54, 1.807) is 6.20 Å². The third-order valence-corrected chi connectivity index (χ3v) is 8.61. The molecule has 3 aromatic rings. The molecule has 0 saturated heterocycles. The molecule has 3 atom stereocenters. The summed E-state index contributed by atoms with van der Waals surface area (Å²) >= 11 is 6.49. The van der Waals surface area contributed by atoms with Crippen molar-refractivity contribution in [3.63, 3.8) is 0 Å². The average molecular weight is 522 g/mol. The molecule has 1 saturated carbocycles. The Hall–Kier alpha value is -2.72. The maximum atomic E-state index is 15.2. The highest BCUT2D eigenvalue weighted by Gasteiger charge is 2.44. The van der Waals surface area contributed by atoms with Crippen LogP contribution in [0.4, 0.5) is 10.2 Å². The van der Waals surface area contributed by atoms with E-state index < -0.39 is 26.3 Å². The highest BCUT2D eigenvalue weighted by molar-refractivity contribution is 7.92. The van der Waals surface area contributed by atoms with Crippen LogP contribution in [0.2, 0.25) is 5.02 Å². The highest BCUT2D eigenvalue weighted by Crippen LogP contribution is 2.46. The van der Waals surface area contributed by atoms with Crippen LogP contribution in [-0.4, -0.2) is 33.8 Å². The first-order valence-electron chi connectivity index (χ1n) is 11.6. The summed E-state index contributed by atoms with van der Waals surface area (Å²) in [6.07, 6.45) is 9.40. The number of hydrogen-bond acceptors (Lipinski definition) is 6. The van der Waals surface area contributed by atoms with Crippen LogP contribution in [0.3, 0.4) is 0 Å². The van der Waals surface area contributed by atoms with Crippen molar-refractivity contribution < 1.29 is 17.5 Å². The number of nitrogens with one attached hydrogen (secondary N) is 1. The number of rotatable bonds is 6. The van der Waals surface area contributed by atoms with E-state index in [1.807, 2.05) is 24.7 Å². The van der Waals surface area contributed by atoms with Gasteiger partial charge in [-0.25, -0.2) is 22.8 Å². The SMILES string of the molecule is C[C@H]1CCCCC[C@H](c2ccnn2C)[C@]1(C)Oc1cc(F)c(S(=O)(=O)Nc2ccncn2)cc1Cl. The molecular weight excluding hydrogens is 493 g/mol. The Balaban J connectivity index is 1.69. The van der Waals surface area contributed by atoms with Crippen LogP contribution in [0, 0.1) is 11.7 Å². The van der Waals surface area contributed by atoms with Crippen LogP contribution in [0.5, 0.6) is 5.75 Å². The number of aryl methyl sites for hydroxylation is 1. The molecule has 11 heteroatoms. The first kappa shape index (κ1) is 25.4. The van der Waals surface area contributed by atoms with Gasteiger partial charge in [-0.15, -0.1) is 0 Å². The van der Waals surface area contributed by atoms with E-state index in [-0.39, 0.29) is 28.4 Å². The van der Waals surface area contributed by atoms with Gasteiger partial charge in [0.05, 0.1) is 5.02 Å². The maximum Gasteiger partial charge on any atom is 0.266 e. The summed E-state index contributed by atoms with van der Waals surface area (Å²) in [6.45, 7) is 4.15. The van der Waals surface area contributed by atoms with Crippen LogP contribution in [-0.2, 0) is 17.1 Å². The molecular formula is C24H29ClFN5O3S. The first-order chi connectivity index (χ1) is 16.6. The number of nitrogens with zero attached hydrogens (tertiary/aromatic N) is 4. The van der Waals surface area contributed by atoms with E-state index in [0.717, 1.165) is 49.9 Å². The Labute approximate surface area is 209 Å². The topological polar surface area (TPSA) is 99.0 Å². The van der Waals surface area contributed by atoms with Crippen LogP contribution in [0.1, 0.15) is 57.6 Å². The van der Waals surface area contributed by atoms with Crippen LogP contribution < -0.4 is 9.46 Å². The molecule has 0 radical (unpaired) electrons. The van der Waals surface area contributed by atoms with Gasteiger partial charge in [0, 0.05) is 37.1 Å². The average Bonchev–Trinajstić information content (AvgIpc) is 3.22. The number of aromatic nitrogens is 4. The fourth-order valence-corrected chi connectivity index (χ4v) is 6.17. The van der Waals surface area contributed by atoms with Gasteiger partial charge in [-0.05, 0) is 43.9 Å². The van der Waals surface area contributed by atoms with Gasteiger partial charge in [0.1, 0.15) is 34.2 Å². The van der Waals surface area contributed by atoms with Crippen molar-refractivity contribution in [1.29, 1.82) is 0 Å². The molecule has 0 aliphatic heterocycles. The van der Waals surface area contributed by atoms with Gasteiger partial charge < -0.3 is 4.74 Å². The van der Waals surface area contributed by atoms with Gasteiger partial charge in [-0.2, -0.15) is 5.10 Å². The normalized spacial score (nSPS) is 23.3. The Bertz CT molecular complexity index is 1290. The van der Waals surface area contributed by atoms with Crippen LogP contribution in [0.25, 0.3) is 0 Å². The lowest BCUT2D eigenvalue weighted by molar-refractivity contribution is -0.00903. The standard InChI is InChI=1S/C24H29ClFN5O3S/c1-16-7-5-4-6-8-17(20-9-12-29-31(20)3)24(16,2)34-21-14-19(26)22(13-18(21)25)35(32,33)30-23-10-11-27-15-28-23/h9-17H,4-8H2,1-3H3,(H,27,28,30)/t16-,17+,24+/m0/s1. The molecule has 1 aromatic carbocycles. The highest BCUT2D eigenvalue weighted by atomic mass is 35.5. The quantitative estimate of drug-likeness (QED) is 0.471. The summed E-state index contributed by atoms with van der Waals surface area (Å²) in [5, 5.41) is 4.35. The van der Waals surface area contributed by atoms with Crippen molar-refractivity contribution in [1.82, 2.24) is 19.7 Å². The fraction of sp³-hybridized carbons (Fsp3) is 0.458. The molecule has 1 aliphatic rings. The van der Waals surface area contributed by atoms with Crippen molar-refractivity contribution in [3.05, 3.63) is 59.5 Å². The molecule has 0 spiro atoms. The minimum Gasteiger partial charge on any atom is -0.485 e. The predicted molar refractivity (Wildman–Crippen MR) is 131 cm³/mol. The summed E-state index contributed by atoms with van der Waals surface area (Å²) in [5.41, 5.74) is 0.315. The van der Waals surface area contributed by atoms with Crippen molar-refractivity contribution in [2.75, 3.05) is 4.72 Å². The number of ether oxygens (including phenoxy) is 1. The van der Waals surface area contributed by atoms with Gasteiger partial charge in [0.2, 0.25) is 0 Å². The third kappa shape index (κ3) is 5.28. The van der Waals surface area contributed by atoms with Crippen molar-refractivity contribution in [3.8, 4) is 5.75 Å². The molecule has 1 aliphatic carbocycles. The maximum absolute atomic E-state index is 15.2. The largest absolute Gasteiger partial charge is 0.485 e. The van der Waals surface area contributed by atoms with E-state index in [1.165, 1.54) is 18.6 Å². The predicted octanol–water partition coefficient (Wildman–Crippen LogP) is 5.32. The molecule has 4 rings (SSSR count). The smallest absolute Gasteiger partial charge is 0.266 e. The summed E-state index contributed by atoms with van der Waals surface area (Å²) in [4.78, 5) is 6.97. The second-order valence-electron chi connectivity index (χ2n) is 9.17. The Kier molecular flexibility index (Phi) is 7.32. The summed E-state index contributed by atoms with van der Waals surface area (Å²) in [6, 6.07) is 5.47. The molecule has 0 amide bonds. The Morgan fingerprint density at radius 3 is 2.66 bits per heavy atom. The summed E-state index contributed by atoms with van der Waals surface area (Å²) in [7, 11) is -2.37. The van der Waals surface area contributed by atoms with Crippen molar-refractivity contribution >= 4 is 27.4 Å². The van der Waals surface area contributed by atoms with E-state index in [2.05, 4.69) is 26.7 Å². The minimum atomic E-state index is -4.27. The molecule has 0 bridgehead atoms. The van der Waals surface area contributed by atoms with Gasteiger partial charge >= 0.3 is 0 Å². The fourth-order valence-electron chi connectivity index (χ4n) is 4.81. The first-order valence-corrected chi connectivity index (χ1v) is 13.4. The van der Waals surface area contributed by atoms with Crippen molar-refractivity contribution in [2.45, 2.75) is 62.4 Å². The molecule has 2 heterocycles. The molecule has 2 aromatic heterocycles. The number of sulfonamides is 1. The molecule has 1 fully saturated rings. The van der Waals surface area contributed by atoms with Gasteiger partial charge in [-0.3, -0.25) is 9.40 Å².